The lowest BCUT2D eigenvalue weighted by Gasteiger charge is -2.06. The molecule has 0 aliphatic carbocycles. The van der Waals surface area contributed by atoms with E-state index in [4.69, 9.17) is 5.11 Å². The Bertz CT molecular complexity index is 713. The Labute approximate surface area is 121 Å². The van der Waals surface area contributed by atoms with E-state index >= 15 is 0 Å². The highest BCUT2D eigenvalue weighted by Gasteiger charge is 2.13. The Balaban J connectivity index is 1.94. The standard InChI is InChI=1S/C12H14N4O4S/c17-12(18)10-3-1-2-9(6-10)7-21(19,20)15-5-4-11-13-8-14-16-11/h1-3,6,8,15H,4-5,7H2,(H,17,18)(H,13,14,16). The average Bonchev–Trinajstić information content (AvgIpc) is 2.91. The summed E-state index contributed by atoms with van der Waals surface area (Å²) in [5.41, 5.74) is 0.478. The predicted molar refractivity (Wildman–Crippen MR) is 74.1 cm³/mol. The van der Waals surface area contributed by atoms with Crippen molar-refractivity contribution in [2.24, 2.45) is 0 Å². The Morgan fingerprint density at radius 3 is 2.86 bits per heavy atom. The van der Waals surface area contributed by atoms with Crippen molar-refractivity contribution in [3.8, 4) is 0 Å². The number of hydrogen-bond acceptors (Lipinski definition) is 5. The molecule has 0 saturated heterocycles. The van der Waals surface area contributed by atoms with Crippen LogP contribution in [0, 0.1) is 0 Å². The fourth-order valence-electron chi connectivity index (χ4n) is 1.74. The van der Waals surface area contributed by atoms with E-state index in [1.165, 1.54) is 24.5 Å². The van der Waals surface area contributed by atoms with Gasteiger partial charge in [0.2, 0.25) is 10.0 Å². The maximum atomic E-state index is 11.9. The first kappa shape index (κ1) is 15.1. The van der Waals surface area contributed by atoms with Crippen molar-refractivity contribution in [2.45, 2.75) is 12.2 Å². The van der Waals surface area contributed by atoms with Crippen LogP contribution in [0.15, 0.2) is 30.6 Å². The molecule has 112 valence electrons. The van der Waals surface area contributed by atoms with Crippen molar-refractivity contribution in [2.75, 3.05) is 6.54 Å². The number of carbonyl (C=O) groups is 1. The largest absolute Gasteiger partial charge is 0.478 e. The SMILES string of the molecule is O=C(O)c1cccc(CS(=O)(=O)NCCc2ncn[nH]2)c1. The van der Waals surface area contributed by atoms with Gasteiger partial charge in [-0.15, -0.1) is 0 Å². The van der Waals surface area contributed by atoms with Crippen LogP contribution in [0.4, 0.5) is 0 Å². The second kappa shape index (κ2) is 6.46. The van der Waals surface area contributed by atoms with Crippen LogP contribution in [0.25, 0.3) is 0 Å². The van der Waals surface area contributed by atoms with Crippen LogP contribution in [0.1, 0.15) is 21.7 Å². The molecule has 1 aromatic carbocycles. The Hall–Kier alpha value is -2.26. The van der Waals surface area contributed by atoms with Gasteiger partial charge in [-0.1, -0.05) is 12.1 Å². The summed E-state index contributed by atoms with van der Waals surface area (Å²) in [4.78, 5) is 14.7. The topological polar surface area (TPSA) is 125 Å². The summed E-state index contributed by atoms with van der Waals surface area (Å²) >= 11 is 0. The fourth-order valence-corrected chi connectivity index (χ4v) is 2.87. The first-order valence-corrected chi connectivity index (χ1v) is 7.75. The van der Waals surface area contributed by atoms with Crippen molar-refractivity contribution in [1.82, 2.24) is 19.9 Å². The number of H-pyrrole nitrogens is 1. The van der Waals surface area contributed by atoms with E-state index in [2.05, 4.69) is 19.9 Å². The summed E-state index contributed by atoms with van der Waals surface area (Å²) in [6.07, 6.45) is 1.75. The summed E-state index contributed by atoms with van der Waals surface area (Å²) in [5, 5.41) is 15.2. The first-order valence-electron chi connectivity index (χ1n) is 6.10. The molecular weight excluding hydrogens is 296 g/mol. The van der Waals surface area contributed by atoms with Crippen molar-refractivity contribution in [3.05, 3.63) is 47.5 Å². The lowest BCUT2D eigenvalue weighted by Crippen LogP contribution is -2.27. The van der Waals surface area contributed by atoms with E-state index in [1.54, 1.807) is 6.07 Å². The second-order valence-electron chi connectivity index (χ2n) is 4.34. The van der Waals surface area contributed by atoms with Crippen LogP contribution in [-0.4, -0.2) is 41.2 Å². The molecule has 21 heavy (non-hydrogen) atoms. The summed E-state index contributed by atoms with van der Waals surface area (Å²) in [6, 6.07) is 5.85. The molecule has 0 fully saturated rings. The van der Waals surface area contributed by atoms with Crippen LogP contribution in [0.5, 0.6) is 0 Å². The predicted octanol–water partition coefficient (Wildman–Crippen LogP) is 0.165. The monoisotopic (exact) mass is 310 g/mol. The highest BCUT2D eigenvalue weighted by Crippen LogP contribution is 2.08. The van der Waals surface area contributed by atoms with Crippen molar-refractivity contribution in [1.29, 1.82) is 0 Å². The number of nitrogens with zero attached hydrogens (tertiary/aromatic N) is 2. The number of nitrogens with one attached hydrogen (secondary N) is 2. The quantitative estimate of drug-likeness (QED) is 0.669. The molecule has 0 amide bonds. The third-order valence-corrected chi connectivity index (χ3v) is 4.04. The summed E-state index contributed by atoms with van der Waals surface area (Å²) in [5.74, 6) is -0.775. The van der Waals surface area contributed by atoms with Gasteiger partial charge < -0.3 is 5.11 Å². The number of aromatic nitrogens is 3. The highest BCUT2D eigenvalue weighted by molar-refractivity contribution is 7.88. The van der Waals surface area contributed by atoms with Gasteiger partial charge in [0.1, 0.15) is 12.2 Å². The zero-order valence-corrected chi connectivity index (χ0v) is 11.8. The van der Waals surface area contributed by atoms with Crippen LogP contribution in [0.3, 0.4) is 0 Å². The molecule has 0 radical (unpaired) electrons. The smallest absolute Gasteiger partial charge is 0.335 e. The third-order valence-electron chi connectivity index (χ3n) is 2.68. The van der Waals surface area contributed by atoms with Gasteiger partial charge in [0.25, 0.3) is 0 Å². The normalized spacial score (nSPS) is 11.4. The molecule has 3 N–H and O–H groups in total. The third kappa shape index (κ3) is 4.65. The van der Waals surface area contributed by atoms with Crippen LogP contribution < -0.4 is 4.72 Å². The molecule has 0 unspecified atom stereocenters. The molecule has 1 aromatic heterocycles. The molecule has 0 saturated carbocycles. The van der Waals surface area contributed by atoms with Crippen molar-refractivity contribution >= 4 is 16.0 Å². The van der Waals surface area contributed by atoms with Crippen LogP contribution in [-0.2, 0) is 22.2 Å². The maximum absolute atomic E-state index is 11.9. The second-order valence-corrected chi connectivity index (χ2v) is 6.15. The van der Waals surface area contributed by atoms with E-state index < -0.39 is 16.0 Å². The number of carboxylic acids is 1. The molecule has 1 heterocycles. The molecule has 0 aliphatic rings. The lowest BCUT2D eigenvalue weighted by atomic mass is 10.1. The number of carboxylic acid groups (broad SMARTS) is 1. The molecule has 2 aromatic rings. The van der Waals surface area contributed by atoms with Gasteiger partial charge in [-0.3, -0.25) is 5.10 Å². The minimum absolute atomic E-state index is 0.0596. The van der Waals surface area contributed by atoms with Gasteiger partial charge in [-0.2, -0.15) is 5.10 Å². The Morgan fingerprint density at radius 1 is 1.38 bits per heavy atom. The highest BCUT2D eigenvalue weighted by atomic mass is 32.2. The molecule has 8 nitrogen and oxygen atoms in total. The summed E-state index contributed by atoms with van der Waals surface area (Å²) in [6.45, 7) is 0.191. The minimum atomic E-state index is -3.54. The van der Waals surface area contributed by atoms with Crippen LogP contribution >= 0.6 is 0 Å². The number of sulfonamides is 1. The summed E-state index contributed by atoms with van der Waals surface area (Å²) in [7, 11) is -3.54. The van der Waals surface area contributed by atoms with Gasteiger partial charge in [-0.25, -0.2) is 22.9 Å². The van der Waals surface area contributed by atoms with E-state index in [0.717, 1.165) is 0 Å². The Morgan fingerprint density at radius 2 is 2.19 bits per heavy atom. The number of aromatic carboxylic acids is 1. The van der Waals surface area contributed by atoms with Gasteiger partial charge in [0.15, 0.2) is 0 Å². The van der Waals surface area contributed by atoms with Crippen molar-refractivity contribution < 1.29 is 18.3 Å². The number of rotatable bonds is 7. The number of benzene rings is 1. The van der Waals surface area contributed by atoms with E-state index in [9.17, 15) is 13.2 Å². The van der Waals surface area contributed by atoms with Crippen molar-refractivity contribution in [3.63, 3.8) is 0 Å². The summed E-state index contributed by atoms with van der Waals surface area (Å²) < 4.78 is 26.2. The molecule has 0 aliphatic heterocycles. The zero-order valence-electron chi connectivity index (χ0n) is 11.0. The van der Waals surface area contributed by atoms with E-state index in [-0.39, 0.29) is 17.9 Å². The van der Waals surface area contributed by atoms with Gasteiger partial charge >= 0.3 is 5.97 Å². The number of hydrogen-bond donors (Lipinski definition) is 3. The molecule has 0 spiro atoms. The fraction of sp³-hybridized carbons (Fsp3) is 0.250. The van der Waals surface area contributed by atoms with Gasteiger partial charge in [0, 0.05) is 13.0 Å². The minimum Gasteiger partial charge on any atom is -0.478 e. The maximum Gasteiger partial charge on any atom is 0.335 e. The Kier molecular flexibility index (Phi) is 4.66. The molecular formula is C12H14N4O4S. The zero-order chi connectivity index (χ0) is 15.3. The van der Waals surface area contributed by atoms with Crippen LogP contribution in [0.2, 0.25) is 0 Å². The number of aromatic amines is 1. The molecule has 0 atom stereocenters. The first-order chi connectivity index (χ1) is 9.96. The molecule has 2 rings (SSSR count). The van der Waals surface area contributed by atoms with E-state index in [0.29, 0.717) is 17.8 Å². The van der Waals surface area contributed by atoms with Gasteiger partial charge in [-0.05, 0) is 17.7 Å². The molecule has 9 heteroatoms. The van der Waals surface area contributed by atoms with Gasteiger partial charge in [0.05, 0.1) is 11.3 Å². The lowest BCUT2D eigenvalue weighted by molar-refractivity contribution is 0.0696. The average molecular weight is 310 g/mol. The van der Waals surface area contributed by atoms with E-state index in [1.807, 2.05) is 0 Å². The molecule has 0 bridgehead atoms.